The van der Waals surface area contributed by atoms with Crippen molar-refractivity contribution in [3.8, 4) is 5.75 Å². The summed E-state index contributed by atoms with van der Waals surface area (Å²) in [6.07, 6.45) is -4.71. The van der Waals surface area contributed by atoms with Gasteiger partial charge in [-0.25, -0.2) is 4.79 Å². The first-order valence-electron chi connectivity index (χ1n) is 7.15. The molecule has 0 aliphatic heterocycles. The highest BCUT2D eigenvalue weighted by atomic mass is 19.4. The number of benzene rings is 1. The molecule has 26 heavy (non-hydrogen) atoms. The summed E-state index contributed by atoms with van der Waals surface area (Å²) < 4.78 is 44.8. The van der Waals surface area contributed by atoms with E-state index in [-0.39, 0.29) is 17.4 Å². The van der Waals surface area contributed by atoms with Crippen molar-refractivity contribution >= 4 is 27.6 Å². The lowest BCUT2D eigenvalue weighted by molar-refractivity contribution is -0.388. The molecule has 8 nitrogen and oxygen atoms in total. The smallest absolute Gasteiger partial charge is 0.419 e. The van der Waals surface area contributed by atoms with Crippen LogP contribution in [0.4, 0.5) is 18.9 Å². The monoisotopic (exact) mass is 370 g/mol. The van der Waals surface area contributed by atoms with Crippen LogP contribution in [0.2, 0.25) is 0 Å². The van der Waals surface area contributed by atoms with Gasteiger partial charge in [0.2, 0.25) is 5.75 Å². The lowest BCUT2D eigenvalue weighted by Gasteiger charge is -2.13. The van der Waals surface area contributed by atoms with Crippen LogP contribution in [-0.4, -0.2) is 14.6 Å². The molecule has 0 radical (unpaired) electrons. The Labute approximate surface area is 140 Å². The van der Waals surface area contributed by atoms with E-state index >= 15 is 0 Å². The summed E-state index contributed by atoms with van der Waals surface area (Å²) in [4.78, 5) is 34.0. The Kier molecular flexibility index (Phi) is 3.74. The summed E-state index contributed by atoms with van der Waals surface area (Å²) in [5.41, 5.74) is -5.56. The Morgan fingerprint density at radius 3 is 2.50 bits per heavy atom. The molecule has 0 atom stereocenters. The Balaban J connectivity index is 2.65. The Morgan fingerprint density at radius 2 is 1.96 bits per heavy atom. The number of alkyl halides is 3. The van der Waals surface area contributed by atoms with Gasteiger partial charge < -0.3 is 14.1 Å². The van der Waals surface area contributed by atoms with Gasteiger partial charge in [-0.3, -0.25) is 14.9 Å². The molecule has 3 aromatic rings. The number of fused-ring (bicyclic) bond motifs is 3. The fourth-order valence-electron chi connectivity index (χ4n) is 2.75. The van der Waals surface area contributed by atoms with Crippen molar-refractivity contribution < 1.29 is 27.6 Å². The van der Waals surface area contributed by atoms with Crippen LogP contribution >= 0.6 is 0 Å². The second kappa shape index (κ2) is 5.58. The van der Waals surface area contributed by atoms with Gasteiger partial charge >= 0.3 is 17.5 Å². The molecular formula is C15H9F3N2O6. The van der Waals surface area contributed by atoms with Crippen LogP contribution in [0.25, 0.3) is 21.9 Å². The fourth-order valence-corrected chi connectivity index (χ4v) is 2.75. The molecule has 0 fully saturated rings. The SMILES string of the molecule is CCn1c(=O)c2c(O)c([N+](=O)[O-])c(=O)oc2c2cc(C(F)(F)F)ccc21. The lowest BCUT2D eigenvalue weighted by Crippen LogP contribution is -2.22. The summed E-state index contributed by atoms with van der Waals surface area (Å²) >= 11 is 0. The fraction of sp³-hybridized carbons (Fsp3) is 0.200. The normalized spacial score (nSPS) is 12.0. The van der Waals surface area contributed by atoms with Gasteiger partial charge in [-0.1, -0.05) is 0 Å². The third-order valence-corrected chi connectivity index (χ3v) is 3.89. The van der Waals surface area contributed by atoms with E-state index in [9.17, 15) is 38.0 Å². The maximum absolute atomic E-state index is 13.0. The number of hydrogen-bond acceptors (Lipinski definition) is 6. The number of aromatic nitrogens is 1. The molecule has 0 saturated heterocycles. The van der Waals surface area contributed by atoms with Crippen LogP contribution in [0.5, 0.6) is 5.75 Å². The summed E-state index contributed by atoms with van der Waals surface area (Å²) in [7, 11) is 0. The number of pyridine rings is 1. The molecule has 3 rings (SSSR count). The van der Waals surface area contributed by atoms with Crippen LogP contribution in [0.15, 0.2) is 32.2 Å². The predicted molar refractivity (Wildman–Crippen MR) is 83.2 cm³/mol. The van der Waals surface area contributed by atoms with Gasteiger partial charge in [-0.05, 0) is 25.1 Å². The third kappa shape index (κ3) is 2.39. The molecular weight excluding hydrogens is 361 g/mol. The Morgan fingerprint density at radius 1 is 1.31 bits per heavy atom. The first kappa shape index (κ1) is 17.5. The number of rotatable bonds is 2. The van der Waals surface area contributed by atoms with Gasteiger partial charge in [0.25, 0.3) is 5.56 Å². The number of aryl methyl sites for hydroxylation is 1. The topological polar surface area (TPSA) is 116 Å². The van der Waals surface area contributed by atoms with E-state index in [1.54, 1.807) is 0 Å². The standard InChI is InChI=1S/C15H9F3N2O6/c1-2-19-8-4-3-6(15(16,17)18)5-7(8)12-9(13(19)22)11(21)10(20(24)25)14(23)26-12/h3-5,21H,2H2,1H3. The number of nitrogens with zero attached hydrogens (tertiary/aromatic N) is 2. The van der Waals surface area contributed by atoms with Crippen LogP contribution in [0, 0.1) is 10.1 Å². The van der Waals surface area contributed by atoms with Crippen molar-refractivity contribution in [2.45, 2.75) is 19.6 Å². The van der Waals surface area contributed by atoms with E-state index in [0.29, 0.717) is 6.07 Å². The minimum atomic E-state index is -4.71. The Hall–Kier alpha value is -3.37. The third-order valence-electron chi connectivity index (χ3n) is 3.89. The number of halogens is 3. The molecule has 11 heteroatoms. The van der Waals surface area contributed by atoms with E-state index in [1.807, 2.05) is 0 Å². The van der Waals surface area contributed by atoms with Crippen LogP contribution in [-0.2, 0) is 12.7 Å². The highest BCUT2D eigenvalue weighted by Crippen LogP contribution is 2.36. The van der Waals surface area contributed by atoms with Crippen LogP contribution < -0.4 is 11.2 Å². The second-order valence-electron chi connectivity index (χ2n) is 5.33. The first-order valence-corrected chi connectivity index (χ1v) is 7.15. The van der Waals surface area contributed by atoms with Crippen molar-refractivity contribution in [3.63, 3.8) is 0 Å². The molecule has 136 valence electrons. The van der Waals surface area contributed by atoms with Gasteiger partial charge in [0.15, 0.2) is 5.58 Å². The number of aromatic hydroxyl groups is 1. The molecule has 0 bridgehead atoms. The molecule has 1 N–H and O–H groups in total. The van der Waals surface area contributed by atoms with Gasteiger partial charge in [0.1, 0.15) is 5.39 Å². The van der Waals surface area contributed by atoms with Gasteiger partial charge in [0.05, 0.1) is 16.0 Å². The molecule has 0 aliphatic carbocycles. The predicted octanol–water partition coefficient (Wildman–Crippen LogP) is 2.76. The van der Waals surface area contributed by atoms with Crippen molar-refractivity contribution in [1.29, 1.82) is 0 Å². The minimum absolute atomic E-state index is 0.00298. The largest absolute Gasteiger partial charge is 0.501 e. The Bertz CT molecular complexity index is 1190. The van der Waals surface area contributed by atoms with Crippen molar-refractivity contribution in [1.82, 2.24) is 4.57 Å². The highest BCUT2D eigenvalue weighted by molar-refractivity contribution is 6.05. The summed E-state index contributed by atoms with van der Waals surface area (Å²) in [6.45, 7) is 1.53. The van der Waals surface area contributed by atoms with E-state index in [4.69, 9.17) is 4.42 Å². The second-order valence-corrected chi connectivity index (χ2v) is 5.33. The number of hydrogen-bond donors (Lipinski definition) is 1. The van der Waals surface area contributed by atoms with Gasteiger partial charge in [-0.15, -0.1) is 0 Å². The average Bonchev–Trinajstić information content (AvgIpc) is 2.53. The van der Waals surface area contributed by atoms with E-state index in [1.165, 1.54) is 6.92 Å². The first-order chi connectivity index (χ1) is 12.1. The van der Waals surface area contributed by atoms with E-state index in [0.717, 1.165) is 16.7 Å². The maximum atomic E-state index is 13.0. The quantitative estimate of drug-likeness (QED) is 0.421. The van der Waals surface area contributed by atoms with Crippen molar-refractivity contribution in [2.24, 2.45) is 0 Å². The highest BCUT2D eigenvalue weighted by Gasteiger charge is 2.32. The molecule has 0 saturated carbocycles. The molecule has 0 spiro atoms. The van der Waals surface area contributed by atoms with Crippen molar-refractivity contribution in [2.75, 3.05) is 0 Å². The molecule has 0 aliphatic rings. The summed E-state index contributed by atoms with van der Waals surface area (Å²) in [5.74, 6) is -1.24. The van der Waals surface area contributed by atoms with E-state index in [2.05, 4.69) is 0 Å². The van der Waals surface area contributed by atoms with E-state index < -0.39 is 50.3 Å². The zero-order chi connectivity index (χ0) is 19.4. The van der Waals surface area contributed by atoms with Crippen LogP contribution in [0.1, 0.15) is 12.5 Å². The minimum Gasteiger partial charge on any atom is -0.501 e. The van der Waals surface area contributed by atoms with Crippen LogP contribution in [0.3, 0.4) is 0 Å². The average molecular weight is 370 g/mol. The van der Waals surface area contributed by atoms with Gasteiger partial charge in [-0.2, -0.15) is 13.2 Å². The zero-order valence-corrected chi connectivity index (χ0v) is 13.0. The summed E-state index contributed by atoms with van der Waals surface area (Å²) in [5, 5.41) is 20.0. The number of nitro groups is 1. The molecule has 2 aromatic heterocycles. The van der Waals surface area contributed by atoms with Gasteiger partial charge in [0, 0.05) is 11.9 Å². The maximum Gasteiger partial charge on any atom is 0.419 e. The molecule has 0 amide bonds. The zero-order valence-electron chi connectivity index (χ0n) is 13.0. The molecule has 0 unspecified atom stereocenters. The summed E-state index contributed by atoms with van der Waals surface area (Å²) in [6, 6.07) is 2.43. The van der Waals surface area contributed by atoms with Crippen molar-refractivity contribution in [3.05, 3.63) is 54.7 Å². The molecule has 1 aromatic carbocycles. The lowest BCUT2D eigenvalue weighted by atomic mass is 10.1. The molecule has 2 heterocycles.